The van der Waals surface area contributed by atoms with E-state index in [1.165, 1.54) is 37.7 Å². The van der Waals surface area contributed by atoms with Gasteiger partial charge in [0, 0.05) is 23.7 Å². The molecule has 1 N–H and O–H groups in total. The van der Waals surface area contributed by atoms with Gasteiger partial charge in [-0.2, -0.15) is 0 Å². The minimum absolute atomic E-state index is 0.199. The fourth-order valence-electron chi connectivity index (χ4n) is 4.63. The summed E-state index contributed by atoms with van der Waals surface area (Å²) >= 11 is 0. The Morgan fingerprint density at radius 2 is 1.71 bits per heavy atom. The third kappa shape index (κ3) is 3.28. The van der Waals surface area contributed by atoms with E-state index in [0.717, 1.165) is 34.8 Å². The minimum Gasteiger partial charge on any atom is -0.351 e. The Morgan fingerprint density at radius 3 is 2.54 bits per heavy atom. The van der Waals surface area contributed by atoms with Gasteiger partial charge in [-0.25, -0.2) is 14.4 Å². The third-order valence-electron chi connectivity index (χ3n) is 6.09. The summed E-state index contributed by atoms with van der Waals surface area (Å²) in [6.07, 6.45) is 9.10. The smallest absolute Gasteiger partial charge is 0.223 e. The first-order valence-corrected chi connectivity index (χ1v) is 10.2. The highest BCUT2D eigenvalue weighted by Gasteiger charge is 2.27. The van der Waals surface area contributed by atoms with Crippen LogP contribution in [0.2, 0.25) is 0 Å². The Labute approximate surface area is 165 Å². The largest absolute Gasteiger partial charge is 0.351 e. The highest BCUT2D eigenvalue weighted by atomic mass is 19.1. The molecule has 0 saturated heterocycles. The Balaban J connectivity index is 1.50. The van der Waals surface area contributed by atoms with Crippen LogP contribution in [0.5, 0.6) is 0 Å². The molecule has 1 fully saturated rings. The van der Waals surface area contributed by atoms with Gasteiger partial charge in [0.15, 0.2) is 0 Å². The van der Waals surface area contributed by atoms with E-state index in [1.807, 2.05) is 18.3 Å². The second-order valence-electron chi connectivity index (χ2n) is 7.94. The molecule has 2 aliphatic carbocycles. The first-order chi connectivity index (χ1) is 13.8. The molecular formula is C24H24FN3. The average molecular weight is 373 g/mol. The van der Waals surface area contributed by atoms with E-state index < -0.39 is 0 Å². The van der Waals surface area contributed by atoms with Crippen molar-refractivity contribution < 1.29 is 4.39 Å². The van der Waals surface area contributed by atoms with E-state index in [2.05, 4.69) is 34.6 Å². The number of anilines is 1. The van der Waals surface area contributed by atoms with Crippen molar-refractivity contribution in [3.8, 4) is 11.3 Å². The summed E-state index contributed by atoms with van der Waals surface area (Å²) in [5.74, 6) is 0.737. The van der Waals surface area contributed by atoms with Gasteiger partial charge in [-0.1, -0.05) is 55.7 Å². The van der Waals surface area contributed by atoms with Crippen molar-refractivity contribution in [1.29, 1.82) is 0 Å². The molecule has 2 aromatic carbocycles. The van der Waals surface area contributed by atoms with E-state index >= 15 is 0 Å². The number of nitrogens with one attached hydrogen (secondary N) is 1. The van der Waals surface area contributed by atoms with Gasteiger partial charge in [0.2, 0.25) is 5.95 Å². The predicted molar refractivity (Wildman–Crippen MR) is 110 cm³/mol. The standard InChI is InChI=1S/C24H24FN3/c25-18-12-10-16(11-13-18)22-14-17-15-26-24(27-19-6-2-1-3-7-19)28-23(17)21-9-5-4-8-20(21)22/h4-5,8-13,15,19,22H,1-3,6-7,14H2,(H,26,27,28). The fourth-order valence-corrected chi connectivity index (χ4v) is 4.63. The normalized spacial score (nSPS) is 19.0. The monoisotopic (exact) mass is 373 g/mol. The molecule has 0 amide bonds. The Bertz CT molecular complexity index is 977. The maximum atomic E-state index is 13.4. The first-order valence-electron chi connectivity index (χ1n) is 10.2. The van der Waals surface area contributed by atoms with Crippen LogP contribution in [0.1, 0.15) is 54.7 Å². The summed E-state index contributed by atoms with van der Waals surface area (Å²) in [7, 11) is 0. The molecular weight excluding hydrogens is 349 g/mol. The lowest BCUT2D eigenvalue weighted by Gasteiger charge is -2.28. The van der Waals surface area contributed by atoms with Crippen LogP contribution in [0.4, 0.5) is 10.3 Å². The number of nitrogens with zero attached hydrogens (tertiary/aromatic N) is 2. The molecule has 0 radical (unpaired) electrons. The zero-order valence-corrected chi connectivity index (χ0v) is 15.9. The first kappa shape index (κ1) is 17.4. The summed E-state index contributed by atoms with van der Waals surface area (Å²) in [4.78, 5) is 9.53. The maximum Gasteiger partial charge on any atom is 0.223 e. The topological polar surface area (TPSA) is 37.8 Å². The molecule has 1 unspecified atom stereocenters. The third-order valence-corrected chi connectivity index (χ3v) is 6.09. The van der Waals surface area contributed by atoms with Crippen molar-refractivity contribution >= 4 is 5.95 Å². The van der Waals surface area contributed by atoms with E-state index in [4.69, 9.17) is 4.98 Å². The number of benzene rings is 2. The van der Waals surface area contributed by atoms with Crippen LogP contribution >= 0.6 is 0 Å². The molecule has 0 spiro atoms. The van der Waals surface area contributed by atoms with Crippen LogP contribution in [0.15, 0.2) is 54.7 Å². The second-order valence-corrected chi connectivity index (χ2v) is 7.94. The van der Waals surface area contributed by atoms with Gasteiger partial charge in [-0.3, -0.25) is 0 Å². The van der Waals surface area contributed by atoms with Gasteiger partial charge < -0.3 is 5.32 Å². The molecule has 3 aromatic rings. The number of halogens is 1. The molecule has 1 atom stereocenters. The van der Waals surface area contributed by atoms with E-state index in [1.54, 1.807) is 12.1 Å². The van der Waals surface area contributed by atoms with E-state index in [9.17, 15) is 4.39 Å². The van der Waals surface area contributed by atoms with Crippen LogP contribution in [0, 0.1) is 5.82 Å². The summed E-state index contributed by atoms with van der Waals surface area (Å²) in [6.45, 7) is 0. The fraction of sp³-hybridized carbons (Fsp3) is 0.333. The van der Waals surface area contributed by atoms with Crippen molar-refractivity contribution in [3.63, 3.8) is 0 Å². The predicted octanol–water partition coefficient (Wildman–Crippen LogP) is 5.72. The number of fused-ring (bicyclic) bond motifs is 3. The van der Waals surface area contributed by atoms with Crippen molar-refractivity contribution in [3.05, 3.63) is 77.2 Å². The molecule has 0 aliphatic heterocycles. The van der Waals surface area contributed by atoms with Gasteiger partial charge in [0.1, 0.15) is 5.82 Å². The minimum atomic E-state index is -0.199. The Kier molecular flexibility index (Phi) is 4.55. The zero-order chi connectivity index (χ0) is 18.9. The molecule has 1 saturated carbocycles. The quantitative estimate of drug-likeness (QED) is 0.638. The van der Waals surface area contributed by atoms with Crippen molar-refractivity contribution in [2.45, 2.75) is 50.5 Å². The van der Waals surface area contributed by atoms with Crippen LogP contribution in [0.3, 0.4) is 0 Å². The highest BCUT2D eigenvalue weighted by Crippen LogP contribution is 2.41. The lowest BCUT2D eigenvalue weighted by Crippen LogP contribution is -2.24. The van der Waals surface area contributed by atoms with Crippen LogP contribution in [-0.2, 0) is 6.42 Å². The number of hydrogen-bond acceptors (Lipinski definition) is 3. The van der Waals surface area contributed by atoms with Crippen molar-refractivity contribution in [2.24, 2.45) is 0 Å². The summed E-state index contributed by atoms with van der Waals surface area (Å²) < 4.78 is 13.4. The molecule has 4 heteroatoms. The molecule has 3 nitrogen and oxygen atoms in total. The van der Waals surface area contributed by atoms with Crippen LogP contribution in [0.25, 0.3) is 11.3 Å². The van der Waals surface area contributed by atoms with Crippen LogP contribution in [-0.4, -0.2) is 16.0 Å². The van der Waals surface area contributed by atoms with Gasteiger partial charge in [-0.05, 0) is 48.1 Å². The molecule has 0 bridgehead atoms. The summed E-state index contributed by atoms with van der Waals surface area (Å²) in [6, 6.07) is 15.8. The molecule has 142 valence electrons. The second kappa shape index (κ2) is 7.34. The molecule has 28 heavy (non-hydrogen) atoms. The number of rotatable bonds is 3. The maximum absolute atomic E-state index is 13.4. The summed E-state index contributed by atoms with van der Waals surface area (Å²) in [5.41, 5.74) is 5.73. The van der Waals surface area contributed by atoms with Gasteiger partial charge >= 0.3 is 0 Å². The number of aromatic nitrogens is 2. The average Bonchev–Trinajstić information content (AvgIpc) is 2.75. The van der Waals surface area contributed by atoms with Gasteiger partial charge in [-0.15, -0.1) is 0 Å². The Hall–Kier alpha value is -2.75. The van der Waals surface area contributed by atoms with E-state index in [0.29, 0.717) is 6.04 Å². The number of hydrogen-bond donors (Lipinski definition) is 1. The van der Waals surface area contributed by atoms with Gasteiger partial charge in [0.25, 0.3) is 0 Å². The van der Waals surface area contributed by atoms with Crippen molar-refractivity contribution in [2.75, 3.05) is 5.32 Å². The van der Waals surface area contributed by atoms with Gasteiger partial charge in [0.05, 0.1) is 5.69 Å². The highest BCUT2D eigenvalue weighted by molar-refractivity contribution is 5.72. The lowest BCUT2D eigenvalue weighted by molar-refractivity contribution is 0.461. The molecule has 1 aromatic heterocycles. The lowest BCUT2D eigenvalue weighted by atomic mass is 9.78. The van der Waals surface area contributed by atoms with Crippen LogP contribution < -0.4 is 5.32 Å². The van der Waals surface area contributed by atoms with Crippen molar-refractivity contribution in [1.82, 2.24) is 9.97 Å². The molecule has 5 rings (SSSR count). The summed E-state index contributed by atoms with van der Waals surface area (Å²) in [5, 5.41) is 3.55. The molecule has 1 heterocycles. The zero-order valence-electron chi connectivity index (χ0n) is 15.9. The molecule has 2 aliphatic rings. The Morgan fingerprint density at radius 1 is 0.929 bits per heavy atom. The SMILES string of the molecule is Fc1ccc(C2Cc3cnc(NC4CCCCC4)nc3-c3ccccc32)cc1. The van der Waals surface area contributed by atoms with E-state index in [-0.39, 0.29) is 11.7 Å².